The summed E-state index contributed by atoms with van der Waals surface area (Å²) >= 11 is 0. The Morgan fingerprint density at radius 1 is 1.21 bits per heavy atom. The summed E-state index contributed by atoms with van der Waals surface area (Å²) in [5.74, 6) is 0.143. The number of rotatable bonds is 8. The van der Waals surface area contributed by atoms with Crippen LogP contribution in [0, 0.1) is 0 Å². The van der Waals surface area contributed by atoms with E-state index < -0.39 is 21.6 Å². The summed E-state index contributed by atoms with van der Waals surface area (Å²) < 4.78 is 72.4. The highest BCUT2D eigenvalue weighted by Crippen LogP contribution is 2.33. The topological polar surface area (TPSA) is 116 Å². The Hall–Kier alpha value is -3.26. The number of aromatic nitrogens is 6. The van der Waals surface area contributed by atoms with E-state index in [-0.39, 0.29) is 33.5 Å². The molecule has 0 aliphatic carbocycles. The fourth-order valence-electron chi connectivity index (χ4n) is 3.21. The van der Waals surface area contributed by atoms with E-state index in [9.17, 15) is 21.6 Å². The van der Waals surface area contributed by atoms with Gasteiger partial charge in [0.1, 0.15) is 11.4 Å². The quantitative estimate of drug-likeness (QED) is 0.381. The molecule has 0 fully saturated rings. The van der Waals surface area contributed by atoms with Crippen molar-refractivity contribution in [3.63, 3.8) is 0 Å². The predicted molar refractivity (Wildman–Crippen MR) is 113 cm³/mol. The maximum absolute atomic E-state index is 13.1. The normalized spacial score (nSPS) is 12.6. The molecule has 0 aliphatic heterocycles. The van der Waals surface area contributed by atoms with Gasteiger partial charge in [-0.25, -0.2) is 22.9 Å². The van der Waals surface area contributed by atoms with Gasteiger partial charge in [-0.2, -0.15) is 22.8 Å². The number of hydrogen-bond acceptors (Lipinski definition) is 8. The standard InChI is InChI=1S/C19H20F3N7O3S/c1-3-33(30,31)18-15(16-25-14-11-12(19(20,21)22)6-9-28(14)26-16)17-24-8-5-13(29(17)27-18)23-7-4-10-32-2/h5-6,8-9,11,23H,3-4,7,10H2,1-2H3. The number of nitrogens with one attached hydrogen (secondary N) is 1. The zero-order valence-corrected chi connectivity index (χ0v) is 18.5. The summed E-state index contributed by atoms with van der Waals surface area (Å²) in [4.78, 5) is 8.42. The molecule has 0 bridgehead atoms. The molecule has 1 N–H and O–H groups in total. The molecule has 0 spiro atoms. The Morgan fingerprint density at radius 3 is 2.70 bits per heavy atom. The lowest BCUT2D eigenvalue weighted by molar-refractivity contribution is -0.137. The highest BCUT2D eigenvalue weighted by Gasteiger charge is 2.32. The third-order valence-corrected chi connectivity index (χ3v) is 6.52. The van der Waals surface area contributed by atoms with Gasteiger partial charge < -0.3 is 10.1 Å². The second-order valence-corrected chi connectivity index (χ2v) is 9.27. The van der Waals surface area contributed by atoms with E-state index in [1.54, 1.807) is 13.2 Å². The van der Waals surface area contributed by atoms with Crippen molar-refractivity contribution < 1.29 is 26.3 Å². The smallest absolute Gasteiger partial charge is 0.385 e. The van der Waals surface area contributed by atoms with Crippen LogP contribution in [0.15, 0.2) is 35.6 Å². The molecule has 14 heteroatoms. The number of pyridine rings is 1. The molecule has 0 atom stereocenters. The first kappa shape index (κ1) is 22.9. The van der Waals surface area contributed by atoms with Gasteiger partial charge in [0.25, 0.3) is 0 Å². The average molecular weight is 483 g/mol. The maximum atomic E-state index is 13.1. The van der Waals surface area contributed by atoms with E-state index >= 15 is 0 Å². The number of methoxy groups -OCH3 is 1. The lowest BCUT2D eigenvalue weighted by Gasteiger charge is -2.07. The van der Waals surface area contributed by atoms with Crippen LogP contribution in [0.25, 0.3) is 22.7 Å². The van der Waals surface area contributed by atoms with Crippen molar-refractivity contribution in [1.29, 1.82) is 0 Å². The zero-order chi connectivity index (χ0) is 23.8. The molecule has 10 nitrogen and oxygen atoms in total. The summed E-state index contributed by atoms with van der Waals surface area (Å²) in [5.41, 5.74) is -0.802. The molecule has 4 aromatic rings. The SMILES string of the molecule is CCS(=O)(=O)c1nn2c(NCCCOC)ccnc2c1-c1nc2cc(C(F)(F)F)ccn2n1. The van der Waals surface area contributed by atoms with Gasteiger partial charge >= 0.3 is 6.18 Å². The molecular weight excluding hydrogens is 463 g/mol. The molecule has 4 aromatic heterocycles. The Morgan fingerprint density at radius 2 is 2.00 bits per heavy atom. The molecule has 0 saturated carbocycles. The molecular formula is C19H20F3N7O3S. The van der Waals surface area contributed by atoms with Crippen molar-refractivity contribution in [1.82, 2.24) is 29.2 Å². The second-order valence-electron chi connectivity index (χ2n) is 7.07. The van der Waals surface area contributed by atoms with E-state index in [1.807, 2.05) is 0 Å². The number of hydrogen-bond donors (Lipinski definition) is 1. The average Bonchev–Trinajstić information content (AvgIpc) is 3.37. The minimum atomic E-state index is -4.56. The first-order chi connectivity index (χ1) is 15.7. The third-order valence-electron chi connectivity index (χ3n) is 4.88. The van der Waals surface area contributed by atoms with Gasteiger partial charge in [-0.15, -0.1) is 5.10 Å². The molecule has 33 heavy (non-hydrogen) atoms. The van der Waals surface area contributed by atoms with Crippen LogP contribution in [0.1, 0.15) is 18.9 Å². The van der Waals surface area contributed by atoms with Gasteiger partial charge in [-0.3, -0.25) is 0 Å². The highest BCUT2D eigenvalue weighted by atomic mass is 32.2. The van der Waals surface area contributed by atoms with Crippen molar-refractivity contribution in [3.05, 3.63) is 36.2 Å². The molecule has 0 unspecified atom stereocenters. The van der Waals surface area contributed by atoms with Gasteiger partial charge in [0.05, 0.1) is 11.3 Å². The fraction of sp³-hybridized carbons (Fsp3) is 0.368. The first-order valence-electron chi connectivity index (χ1n) is 9.93. The van der Waals surface area contributed by atoms with E-state index in [0.29, 0.717) is 25.4 Å². The van der Waals surface area contributed by atoms with E-state index in [1.165, 1.54) is 17.6 Å². The summed E-state index contributed by atoms with van der Waals surface area (Å²) in [6.07, 6.45) is -1.27. The van der Waals surface area contributed by atoms with Gasteiger partial charge in [0.2, 0.25) is 0 Å². The second kappa shape index (κ2) is 8.59. The lowest BCUT2D eigenvalue weighted by Crippen LogP contribution is -2.10. The maximum Gasteiger partial charge on any atom is 0.416 e. The van der Waals surface area contributed by atoms with Crippen molar-refractivity contribution >= 4 is 26.9 Å². The first-order valence-corrected chi connectivity index (χ1v) is 11.6. The summed E-state index contributed by atoms with van der Waals surface area (Å²) in [5, 5.41) is 11.3. The number of alkyl halides is 3. The molecule has 4 heterocycles. The van der Waals surface area contributed by atoms with Gasteiger partial charge in [0, 0.05) is 32.7 Å². The van der Waals surface area contributed by atoms with E-state index in [2.05, 4.69) is 25.5 Å². The van der Waals surface area contributed by atoms with Crippen molar-refractivity contribution in [2.75, 3.05) is 31.3 Å². The van der Waals surface area contributed by atoms with Crippen LogP contribution >= 0.6 is 0 Å². The van der Waals surface area contributed by atoms with Gasteiger partial charge in [-0.05, 0) is 24.6 Å². The van der Waals surface area contributed by atoms with Crippen molar-refractivity contribution in [2.45, 2.75) is 24.5 Å². The minimum absolute atomic E-state index is 0.0228. The van der Waals surface area contributed by atoms with Crippen LogP contribution in [0.4, 0.5) is 19.0 Å². The Labute approximate surface area is 186 Å². The Balaban J connectivity index is 1.89. The van der Waals surface area contributed by atoms with E-state index in [0.717, 1.165) is 22.8 Å². The Kier molecular flexibility index (Phi) is 5.97. The minimum Gasteiger partial charge on any atom is -0.385 e. The van der Waals surface area contributed by atoms with Crippen molar-refractivity contribution in [2.24, 2.45) is 0 Å². The van der Waals surface area contributed by atoms with Crippen LogP contribution in [-0.4, -0.2) is 63.6 Å². The predicted octanol–water partition coefficient (Wildman–Crippen LogP) is 2.70. The number of sulfone groups is 1. The number of ether oxygens (including phenoxy) is 1. The number of halogens is 3. The van der Waals surface area contributed by atoms with E-state index in [4.69, 9.17) is 4.74 Å². The molecule has 4 rings (SSSR count). The van der Waals surface area contributed by atoms with Crippen LogP contribution in [0.2, 0.25) is 0 Å². The lowest BCUT2D eigenvalue weighted by atomic mass is 10.2. The number of fused-ring (bicyclic) bond motifs is 2. The Bertz CT molecular complexity index is 1410. The summed E-state index contributed by atoms with van der Waals surface area (Å²) in [6, 6.07) is 3.34. The third kappa shape index (κ3) is 4.35. The molecule has 0 amide bonds. The van der Waals surface area contributed by atoms with Gasteiger partial charge in [0.15, 0.2) is 32.0 Å². The molecule has 0 aliphatic rings. The number of nitrogens with zero attached hydrogens (tertiary/aromatic N) is 6. The van der Waals surface area contributed by atoms with Crippen LogP contribution in [0.3, 0.4) is 0 Å². The molecule has 176 valence electrons. The highest BCUT2D eigenvalue weighted by molar-refractivity contribution is 7.91. The van der Waals surface area contributed by atoms with Crippen LogP contribution < -0.4 is 5.32 Å². The van der Waals surface area contributed by atoms with Crippen LogP contribution in [-0.2, 0) is 20.8 Å². The zero-order valence-electron chi connectivity index (χ0n) is 17.7. The number of anilines is 1. The largest absolute Gasteiger partial charge is 0.416 e. The monoisotopic (exact) mass is 483 g/mol. The summed E-state index contributed by atoms with van der Waals surface area (Å²) in [6.45, 7) is 2.53. The molecule has 0 saturated heterocycles. The molecule has 0 aromatic carbocycles. The van der Waals surface area contributed by atoms with Gasteiger partial charge in [-0.1, -0.05) is 6.92 Å². The van der Waals surface area contributed by atoms with Crippen LogP contribution in [0.5, 0.6) is 0 Å². The molecule has 0 radical (unpaired) electrons. The summed E-state index contributed by atoms with van der Waals surface area (Å²) in [7, 11) is -2.25. The van der Waals surface area contributed by atoms with Crippen molar-refractivity contribution in [3.8, 4) is 11.4 Å². The fourth-order valence-corrected chi connectivity index (χ4v) is 4.18.